The molecule has 198 valence electrons. The van der Waals surface area contributed by atoms with Crippen LogP contribution >= 0.6 is 0 Å². The number of ketones is 2. The van der Waals surface area contributed by atoms with Gasteiger partial charge in [-0.25, -0.2) is 0 Å². The summed E-state index contributed by atoms with van der Waals surface area (Å²) >= 11 is 0. The molecular weight excluding hydrogens is 468 g/mol. The van der Waals surface area contributed by atoms with Crippen molar-refractivity contribution >= 4 is 23.4 Å². The van der Waals surface area contributed by atoms with Crippen molar-refractivity contribution in [3.63, 3.8) is 0 Å². The first kappa shape index (κ1) is 25.7. The van der Waals surface area contributed by atoms with Crippen LogP contribution < -0.4 is 5.32 Å². The van der Waals surface area contributed by atoms with E-state index in [2.05, 4.69) is 24.4 Å². The summed E-state index contributed by atoms with van der Waals surface area (Å²) < 4.78 is 0. The number of hydrogen-bond donors (Lipinski definition) is 2. The molecule has 2 aliphatic heterocycles. The van der Waals surface area contributed by atoms with Crippen molar-refractivity contribution in [2.45, 2.75) is 52.0 Å². The Kier molecular flexibility index (Phi) is 6.99. The van der Waals surface area contributed by atoms with Gasteiger partial charge in [0, 0.05) is 19.5 Å². The summed E-state index contributed by atoms with van der Waals surface area (Å²) in [5, 5.41) is 13.7. The molecule has 7 nitrogen and oxygen atoms in total. The summed E-state index contributed by atoms with van der Waals surface area (Å²) in [4.78, 5) is 52.0. The van der Waals surface area contributed by atoms with E-state index in [0.717, 1.165) is 19.3 Å². The van der Waals surface area contributed by atoms with E-state index in [1.807, 2.05) is 12.2 Å². The fourth-order valence-electron chi connectivity index (χ4n) is 8.10. The second-order valence-electron chi connectivity index (χ2n) is 11.8. The fourth-order valence-corrected chi connectivity index (χ4v) is 8.10. The number of likely N-dealkylation sites (N-methyl/N-ethyl adjacent to an activating group) is 1. The minimum absolute atomic E-state index is 0.0754. The minimum atomic E-state index is -0.624. The number of rotatable bonds is 1. The molecule has 2 heterocycles. The lowest BCUT2D eigenvalue weighted by Crippen LogP contribution is -2.33. The summed E-state index contributed by atoms with van der Waals surface area (Å²) in [6.45, 7) is 4.32. The van der Waals surface area contributed by atoms with Gasteiger partial charge in [-0.05, 0) is 92.6 Å². The van der Waals surface area contributed by atoms with Crippen LogP contribution in [0.3, 0.4) is 0 Å². The normalized spacial score (nSPS) is 40.0. The molecule has 2 bridgehead atoms. The molecule has 5 rings (SSSR count). The lowest BCUT2D eigenvalue weighted by molar-refractivity contribution is -0.125. The molecule has 9 atom stereocenters. The van der Waals surface area contributed by atoms with Gasteiger partial charge in [0.1, 0.15) is 17.1 Å². The van der Waals surface area contributed by atoms with E-state index in [9.17, 15) is 24.3 Å². The third-order valence-corrected chi connectivity index (χ3v) is 9.76. The monoisotopic (exact) mass is 506 g/mol. The molecule has 2 N–H and O–H groups in total. The molecule has 1 saturated heterocycles. The Morgan fingerprint density at radius 1 is 1.03 bits per heavy atom. The van der Waals surface area contributed by atoms with Gasteiger partial charge in [0.2, 0.25) is 5.91 Å². The number of likely N-dealkylation sites (tertiary alicyclic amines) is 1. The van der Waals surface area contributed by atoms with Crippen LogP contribution in [-0.2, 0) is 19.2 Å². The summed E-state index contributed by atoms with van der Waals surface area (Å²) in [5.74, 6) is 1.30. The van der Waals surface area contributed by atoms with Gasteiger partial charge < -0.3 is 15.3 Å². The van der Waals surface area contributed by atoms with Gasteiger partial charge in [-0.3, -0.25) is 19.2 Å². The van der Waals surface area contributed by atoms with E-state index >= 15 is 0 Å². The second-order valence-corrected chi connectivity index (χ2v) is 11.8. The number of aliphatic hydroxyl groups is 1. The first-order valence-electron chi connectivity index (χ1n) is 13.7. The smallest absolute Gasteiger partial charge is 0.261 e. The summed E-state index contributed by atoms with van der Waals surface area (Å²) in [7, 11) is 1.59. The molecule has 0 spiro atoms. The maximum absolute atomic E-state index is 13.0. The van der Waals surface area contributed by atoms with Crippen LogP contribution in [0.4, 0.5) is 0 Å². The zero-order valence-electron chi connectivity index (χ0n) is 21.9. The molecule has 37 heavy (non-hydrogen) atoms. The summed E-state index contributed by atoms with van der Waals surface area (Å²) in [6, 6.07) is -0.624. The van der Waals surface area contributed by atoms with Crippen molar-refractivity contribution in [3.05, 3.63) is 47.8 Å². The van der Waals surface area contributed by atoms with Crippen LogP contribution in [0.5, 0.6) is 0 Å². The van der Waals surface area contributed by atoms with E-state index in [0.29, 0.717) is 43.1 Å². The molecule has 5 aliphatic rings. The number of amides is 2. The fraction of sp³-hybridized carbons (Fsp3) is 0.600. The lowest BCUT2D eigenvalue weighted by Gasteiger charge is -2.35. The highest BCUT2D eigenvalue weighted by Crippen LogP contribution is 2.58. The Labute approximate surface area is 218 Å². The van der Waals surface area contributed by atoms with Gasteiger partial charge in [0.05, 0.1) is 6.04 Å². The Balaban J connectivity index is 1.48. The zero-order chi connectivity index (χ0) is 26.4. The van der Waals surface area contributed by atoms with Crippen LogP contribution in [0.1, 0.15) is 46.0 Å². The van der Waals surface area contributed by atoms with Crippen molar-refractivity contribution in [1.82, 2.24) is 10.2 Å². The van der Waals surface area contributed by atoms with E-state index in [-0.39, 0.29) is 52.5 Å². The maximum atomic E-state index is 13.0. The van der Waals surface area contributed by atoms with Crippen molar-refractivity contribution in [2.24, 2.45) is 47.3 Å². The first-order chi connectivity index (χ1) is 17.7. The number of nitrogens with one attached hydrogen (secondary N) is 1. The van der Waals surface area contributed by atoms with Crippen LogP contribution in [0.15, 0.2) is 47.8 Å². The maximum Gasteiger partial charge on any atom is 0.261 e. The SMILES string of the molecule is CC(=O)C1C(C)CC2C1C=CC1C3CC=CC(=O)NCCCC4C(=O)C(=C(O)C=CC3CC12)C(=O)N4C. The summed E-state index contributed by atoms with van der Waals surface area (Å²) in [5.41, 5.74) is -0.138. The van der Waals surface area contributed by atoms with Crippen LogP contribution in [-0.4, -0.2) is 53.0 Å². The number of hydrogen-bond acceptors (Lipinski definition) is 5. The number of nitrogens with zero attached hydrogens (tertiary/aromatic N) is 1. The Hall–Kier alpha value is -2.96. The predicted molar refractivity (Wildman–Crippen MR) is 139 cm³/mol. The lowest BCUT2D eigenvalue weighted by atomic mass is 9.69. The standard InChI is InChI=1S/C30H38N2O5/c1-16-14-22-21(27(16)17(2)33)11-10-20-19-6-4-8-26(35)31-13-5-7-24-29(36)28(30(37)32(24)3)25(34)12-9-18(19)15-23(20)22/h4,8-12,16,18-24,27,34H,5-7,13-15H2,1-3H3,(H,31,35). The number of allylic oxidation sites excluding steroid dienone is 5. The number of Topliss-reactive ketones (excluding diaryl/α,β-unsaturated/α-hetero) is 2. The highest BCUT2D eigenvalue weighted by atomic mass is 16.3. The quantitative estimate of drug-likeness (QED) is 0.418. The summed E-state index contributed by atoms with van der Waals surface area (Å²) in [6.07, 6.45) is 15.3. The van der Waals surface area contributed by atoms with Gasteiger partial charge in [-0.2, -0.15) is 0 Å². The Morgan fingerprint density at radius 2 is 1.76 bits per heavy atom. The molecule has 0 aromatic heterocycles. The van der Waals surface area contributed by atoms with Gasteiger partial charge in [-0.15, -0.1) is 0 Å². The average molecular weight is 507 g/mol. The minimum Gasteiger partial charge on any atom is -0.507 e. The van der Waals surface area contributed by atoms with Crippen molar-refractivity contribution in [3.8, 4) is 0 Å². The van der Waals surface area contributed by atoms with Crippen molar-refractivity contribution < 1.29 is 24.3 Å². The van der Waals surface area contributed by atoms with E-state index in [1.165, 1.54) is 4.90 Å². The van der Waals surface area contributed by atoms with Gasteiger partial charge in [-0.1, -0.05) is 31.2 Å². The molecule has 2 amide bonds. The Morgan fingerprint density at radius 3 is 2.51 bits per heavy atom. The second kappa shape index (κ2) is 10.1. The van der Waals surface area contributed by atoms with Crippen LogP contribution in [0, 0.1) is 47.3 Å². The molecule has 0 aromatic carbocycles. The number of fused-ring (bicyclic) bond motifs is 7. The molecule has 0 aromatic rings. The molecule has 0 radical (unpaired) electrons. The largest absolute Gasteiger partial charge is 0.507 e. The molecule has 2 saturated carbocycles. The van der Waals surface area contributed by atoms with Crippen LogP contribution in [0.25, 0.3) is 0 Å². The molecular formula is C30H38N2O5. The topological polar surface area (TPSA) is 104 Å². The number of carbonyl (C=O) groups excluding carboxylic acids is 4. The molecule has 3 fully saturated rings. The highest BCUT2D eigenvalue weighted by molar-refractivity contribution is 6.26. The zero-order valence-corrected chi connectivity index (χ0v) is 21.9. The van der Waals surface area contributed by atoms with E-state index < -0.39 is 11.9 Å². The number of aliphatic hydroxyl groups excluding tert-OH is 1. The first-order valence-corrected chi connectivity index (χ1v) is 13.7. The van der Waals surface area contributed by atoms with Crippen LogP contribution in [0.2, 0.25) is 0 Å². The van der Waals surface area contributed by atoms with Crippen molar-refractivity contribution in [2.75, 3.05) is 13.6 Å². The Bertz CT molecular complexity index is 1120. The predicted octanol–water partition coefficient (Wildman–Crippen LogP) is 3.54. The van der Waals surface area contributed by atoms with E-state index in [1.54, 1.807) is 26.1 Å². The third-order valence-electron chi connectivity index (χ3n) is 9.76. The van der Waals surface area contributed by atoms with Gasteiger partial charge >= 0.3 is 0 Å². The van der Waals surface area contributed by atoms with Gasteiger partial charge in [0.15, 0.2) is 5.78 Å². The molecule has 9 unspecified atom stereocenters. The number of carbonyl (C=O) groups is 4. The van der Waals surface area contributed by atoms with Gasteiger partial charge in [0.25, 0.3) is 5.91 Å². The average Bonchev–Trinajstić information content (AvgIpc) is 3.44. The third kappa shape index (κ3) is 4.51. The van der Waals surface area contributed by atoms with E-state index in [4.69, 9.17) is 0 Å². The molecule has 3 aliphatic carbocycles. The van der Waals surface area contributed by atoms with Crippen molar-refractivity contribution in [1.29, 1.82) is 0 Å². The highest BCUT2D eigenvalue weighted by Gasteiger charge is 2.53. The molecule has 7 heteroatoms.